The van der Waals surface area contributed by atoms with E-state index in [0.29, 0.717) is 32.0 Å². The van der Waals surface area contributed by atoms with Crippen molar-refractivity contribution in [2.45, 2.75) is 19.6 Å². The molecular weight excluding hydrogens is 292 g/mol. The molecule has 0 radical (unpaired) electrons. The van der Waals surface area contributed by atoms with Crippen LogP contribution in [0.3, 0.4) is 0 Å². The van der Waals surface area contributed by atoms with Crippen molar-refractivity contribution in [3.63, 3.8) is 0 Å². The molecule has 0 atom stereocenters. The molecule has 2 aromatic rings. The molecule has 0 aliphatic carbocycles. The van der Waals surface area contributed by atoms with Crippen LogP contribution < -0.4 is 0 Å². The van der Waals surface area contributed by atoms with E-state index in [2.05, 4.69) is 4.98 Å². The van der Waals surface area contributed by atoms with Crippen LogP contribution in [-0.4, -0.2) is 47.9 Å². The van der Waals surface area contributed by atoms with Gasteiger partial charge in [-0.2, -0.15) is 0 Å². The standard InChI is InChI=1S/C18H20N2O3/c1-17(2)22-11-18(12-23-17)9-20(10-18)16(21)15-8-7-13-5-3-4-6-14(13)19-15/h3-8H,9-12H2,1-2H3. The molecule has 3 heterocycles. The van der Waals surface area contributed by atoms with Gasteiger partial charge in [0, 0.05) is 18.5 Å². The predicted molar refractivity (Wildman–Crippen MR) is 86.1 cm³/mol. The summed E-state index contributed by atoms with van der Waals surface area (Å²) < 4.78 is 11.5. The first-order valence-electron chi connectivity index (χ1n) is 7.90. The molecule has 1 amide bonds. The van der Waals surface area contributed by atoms with E-state index in [-0.39, 0.29) is 11.3 Å². The van der Waals surface area contributed by atoms with Crippen molar-refractivity contribution in [3.05, 3.63) is 42.1 Å². The van der Waals surface area contributed by atoms with Gasteiger partial charge in [0.1, 0.15) is 5.69 Å². The number of carbonyl (C=O) groups excluding carboxylic acids is 1. The molecule has 1 spiro atoms. The summed E-state index contributed by atoms with van der Waals surface area (Å²) in [6.07, 6.45) is 0. The third kappa shape index (κ3) is 2.60. The highest BCUT2D eigenvalue weighted by atomic mass is 16.7. The highest BCUT2D eigenvalue weighted by Crippen LogP contribution is 2.38. The molecule has 1 aromatic heterocycles. The van der Waals surface area contributed by atoms with Crippen LogP contribution in [0.2, 0.25) is 0 Å². The topological polar surface area (TPSA) is 51.7 Å². The number of hydrogen-bond donors (Lipinski definition) is 0. The fraction of sp³-hybridized carbons (Fsp3) is 0.444. The zero-order chi connectivity index (χ0) is 16.1. The number of likely N-dealkylation sites (tertiary alicyclic amines) is 1. The molecule has 2 aliphatic rings. The number of rotatable bonds is 1. The van der Waals surface area contributed by atoms with Crippen molar-refractivity contribution in [3.8, 4) is 0 Å². The van der Waals surface area contributed by atoms with E-state index in [4.69, 9.17) is 9.47 Å². The van der Waals surface area contributed by atoms with E-state index in [1.165, 1.54) is 0 Å². The minimum absolute atomic E-state index is 0.0220. The second kappa shape index (κ2) is 5.01. The Hall–Kier alpha value is -1.98. The summed E-state index contributed by atoms with van der Waals surface area (Å²) in [6, 6.07) is 11.6. The first kappa shape index (κ1) is 14.6. The van der Waals surface area contributed by atoms with E-state index in [0.717, 1.165) is 10.9 Å². The number of ether oxygens (including phenoxy) is 2. The molecule has 5 heteroatoms. The minimum Gasteiger partial charge on any atom is -0.350 e. The summed E-state index contributed by atoms with van der Waals surface area (Å²) in [5.74, 6) is -0.540. The van der Waals surface area contributed by atoms with E-state index in [9.17, 15) is 4.79 Å². The quantitative estimate of drug-likeness (QED) is 0.812. The molecule has 4 rings (SSSR count). The van der Waals surface area contributed by atoms with Gasteiger partial charge in [-0.3, -0.25) is 4.79 Å². The first-order valence-corrected chi connectivity index (χ1v) is 7.90. The minimum atomic E-state index is -0.518. The van der Waals surface area contributed by atoms with Crippen LogP contribution in [0.15, 0.2) is 36.4 Å². The van der Waals surface area contributed by atoms with Crippen molar-refractivity contribution in [2.24, 2.45) is 5.41 Å². The van der Waals surface area contributed by atoms with Gasteiger partial charge in [0.25, 0.3) is 5.91 Å². The van der Waals surface area contributed by atoms with Gasteiger partial charge in [0.05, 0.1) is 24.1 Å². The summed E-state index contributed by atoms with van der Waals surface area (Å²) in [5.41, 5.74) is 1.29. The van der Waals surface area contributed by atoms with E-state index in [1.54, 1.807) is 6.07 Å². The Labute approximate surface area is 135 Å². The maximum atomic E-state index is 12.6. The molecule has 0 unspecified atom stereocenters. The van der Waals surface area contributed by atoms with Gasteiger partial charge in [-0.15, -0.1) is 0 Å². The van der Waals surface area contributed by atoms with Crippen LogP contribution in [0.4, 0.5) is 0 Å². The number of amides is 1. The summed E-state index contributed by atoms with van der Waals surface area (Å²) in [6.45, 7) is 6.43. The summed E-state index contributed by atoms with van der Waals surface area (Å²) >= 11 is 0. The average molecular weight is 312 g/mol. The van der Waals surface area contributed by atoms with Gasteiger partial charge in [-0.05, 0) is 26.0 Å². The Morgan fingerprint density at radius 2 is 1.78 bits per heavy atom. The second-order valence-electron chi connectivity index (χ2n) is 7.03. The number of fused-ring (bicyclic) bond motifs is 1. The smallest absolute Gasteiger partial charge is 0.272 e. The first-order chi connectivity index (χ1) is 11.0. The third-order valence-corrected chi connectivity index (χ3v) is 4.61. The van der Waals surface area contributed by atoms with Crippen LogP contribution in [0.25, 0.3) is 10.9 Å². The lowest BCUT2D eigenvalue weighted by molar-refractivity contribution is -0.301. The lowest BCUT2D eigenvalue weighted by atomic mass is 9.80. The van der Waals surface area contributed by atoms with E-state index >= 15 is 0 Å². The van der Waals surface area contributed by atoms with Crippen LogP contribution in [0.5, 0.6) is 0 Å². The molecule has 2 fully saturated rings. The molecular formula is C18H20N2O3. The number of hydrogen-bond acceptors (Lipinski definition) is 4. The van der Waals surface area contributed by atoms with E-state index in [1.807, 2.05) is 49.1 Å². The second-order valence-corrected chi connectivity index (χ2v) is 7.03. The highest BCUT2D eigenvalue weighted by Gasteiger charge is 2.50. The van der Waals surface area contributed by atoms with Crippen molar-refractivity contribution >= 4 is 16.8 Å². The molecule has 1 aromatic carbocycles. The van der Waals surface area contributed by atoms with Crippen molar-refractivity contribution in [1.82, 2.24) is 9.88 Å². The molecule has 2 saturated heterocycles. The zero-order valence-corrected chi connectivity index (χ0v) is 13.4. The molecule has 5 nitrogen and oxygen atoms in total. The Bertz CT molecular complexity index is 754. The summed E-state index contributed by atoms with van der Waals surface area (Å²) in [5, 5.41) is 1.04. The lowest BCUT2D eigenvalue weighted by Crippen LogP contribution is -2.65. The van der Waals surface area contributed by atoms with Crippen LogP contribution in [0.1, 0.15) is 24.3 Å². The van der Waals surface area contributed by atoms with Gasteiger partial charge in [0.2, 0.25) is 0 Å². The zero-order valence-electron chi connectivity index (χ0n) is 13.4. The van der Waals surface area contributed by atoms with Crippen molar-refractivity contribution < 1.29 is 14.3 Å². The number of nitrogens with zero attached hydrogens (tertiary/aromatic N) is 2. The number of aromatic nitrogens is 1. The predicted octanol–water partition coefficient (Wildman–Crippen LogP) is 2.46. The normalized spacial score (nSPS) is 22.1. The van der Waals surface area contributed by atoms with Gasteiger partial charge >= 0.3 is 0 Å². The Kier molecular flexibility index (Phi) is 3.18. The largest absolute Gasteiger partial charge is 0.350 e. The van der Waals surface area contributed by atoms with Crippen LogP contribution >= 0.6 is 0 Å². The van der Waals surface area contributed by atoms with Gasteiger partial charge in [-0.1, -0.05) is 24.3 Å². The average Bonchev–Trinajstić information content (AvgIpc) is 2.52. The monoisotopic (exact) mass is 312 g/mol. The van der Waals surface area contributed by atoms with Crippen molar-refractivity contribution in [1.29, 1.82) is 0 Å². The summed E-state index contributed by atoms with van der Waals surface area (Å²) in [7, 11) is 0. The molecule has 2 aliphatic heterocycles. The number of benzene rings is 1. The maximum Gasteiger partial charge on any atom is 0.272 e. The third-order valence-electron chi connectivity index (χ3n) is 4.61. The molecule has 0 bridgehead atoms. The van der Waals surface area contributed by atoms with Crippen LogP contribution in [-0.2, 0) is 9.47 Å². The number of para-hydroxylation sites is 1. The van der Waals surface area contributed by atoms with Gasteiger partial charge < -0.3 is 14.4 Å². The van der Waals surface area contributed by atoms with Gasteiger partial charge in [-0.25, -0.2) is 4.98 Å². The van der Waals surface area contributed by atoms with Crippen LogP contribution in [0, 0.1) is 5.41 Å². The molecule has 23 heavy (non-hydrogen) atoms. The van der Waals surface area contributed by atoms with E-state index < -0.39 is 5.79 Å². The molecule has 0 saturated carbocycles. The Morgan fingerprint density at radius 1 is 1.09 bits per heavy atom. The molecule has 120 valence electrons. The highest BCUT2D eigenvalue weighted by molar-refractivity contribution is 5.95. The Balaban J connectivity index is 1.46. The Morgan fingerprint density at radius 3 is 2.52 bits per heavy atom. The lowest BCUT2D eigenvalue weighted by Gasteiger charge is -2.53. The molecule has 0 N–H and O–H groups in total. The summed E-state index contributed by atoms with van der Waals surface area (Å²) in [4.78, 5) is 18.9. The van der Waals surface area contributed by atoms with Crippen molar-refractivity contribution in [2.75, 3.05) is 26.3 Å². The number of pyridine rings is 1. The number of carbonyl (C=O) groups is 1. The van der Waals surface area contributed by atoms with Gasteiger partial charge in [0.15, 0.2) is 5.79 Å². The SMILES string of the molecule is CC1(C)OCC2(CO1)CN(C(=O)c1ccc3ccccc3n1)C2. The fourth-order valence-electron chi connectivity index (χ4n) is 3.17. The fourth-order valence-corrected chi connectivity index (χ4v) is 3.17. The maximum absolute atomic E-state index is 12.6.